The SMILES string of the molecule is ClCc1nc[s+](Cl)n1. The molecule has 0 aliphatic carbocycles. The molecule has 1 unspecified atom stereocenters. The first-order chi connectivity index (χ1) is 3.83. The fraction of sp³-hybridized carbons (Fsp3) is 0.333. The number of nitrogens with zero attached hydrogens (tertiary/aromatic N) is 2. The minimum Gasteiger partial charge on any atom is -0.180 e. The molecule has 1 aromatic rings. The molecule has 0 radical (unpaired) electrons. The second kappa shape index (κ2) is 2.62. The molecule has 0 aliphatic heterocycles. The second-order valence-electron chi connectivity index (χ2n) is 1.14. The third-order valence-corrected chi connectivity index (χ3v) is 1.95. The average molecular weight is 170 g/mol. The molecule has 0 amide bonds. The van der Waals surface area contributed by atoms with Gasteiger partial charge in [-0.25, -0.2) is 0 Å². The van der Waals surface area contributed by atoms with E-state index in [0.717, 1.165) is 0 Å². The van der Waals surface area contributed by atoms with Crippen LogP contribution in [0.15, 0.2) is 5.51 Å². The first-order valence-electron chi connectivity index (χ1n) is 1.90. The largest absolute Gasteiger partial charge is 0.277 e. The molecule has 0 spiro atoms. The van der Waals surface area contributed by atoms with Gasteiger partial charge in [-0.2, -0.15) is 4.98 Å². The fourth-order valence-electron chi connectivity index (χ4n) is 0.311. The Balaban J connectivity index is 2.84. The number of halogens is 2. The lowest BCUT2D eigenvalue weighted by atomic mass is 10.7. The summed E-state index contributed by atoms with van der Waals surface area (Å²) in [5.41, 5.74) is 1.58. The normalized spacial score (nSPS) is 12.0. The average Bonchev–Trinajstić information content (AvgIpc) is 2.14. The van der Waals surface area contributed by atoms with Crippen molar-refractivity contribution < 1.29 is 0 Å². The van der Waals surface area contributed by atoms with E-state index in [9.17, 15) is 0 Å². The molecule has 0 saturated heterocycles. The molecule has 1 aromatic heterocycles. The van der Waals surface area contributed by atoms with Crippen LogP contribution in [0.5, 0.6) is 0 Å². The summed E-state index contributed by atoms with van der Waals surface area (Å²) >= 11 is 5.37. The predicted octanol–water partition coefficient (Wildman–Crippen LogP) is 1.97. The standard InChI is InChI=1S/C3H3Cl2N2S/c4-1-3-6-2-8(5)7-3/h2H,1H2/q+1. The molecule has 0 N–H and O–H groups in total. The lowest BCUT2D eigenvalue weighted by Gasteiger charge is -1.68. The van der Waals surface area contributed by atoms with Crippen molar-refractivity contribution in [2.24, 2.45) is 0 Å². The molecule has 0 aliphatic rings. The van der Waals surface area contributed by atoms with Gasteiger partial charge in [-0.1, -0.05) is 0 Å². The van der Waals surface area contributed by atoms with E-state index in [1.807, 2.05) is 0 Å². The summed E-state index contributed by atoms with van der Waals surface area (Å²) in [6, 6.07) is 0. The van der Waals surface area contributed by atoms with Gasteiger partial charge < -0.3 is 0 Å². The molecule has 8 heavy (non-hydrogen) atoms. The first-order valence-corrected chi connectivity index (χ1v) is 4.50. The van der Waals surface area contributed by atoms with Crippen molar-refractivity contribution in [3.05, 3.63) is 11.3 Å². The highest BCUT2D eigenvalue weighted by Gasteiger charge is 2.05. The summed E-state index contributed by atoms with van der Waals surface area (Å²) < 4.78 is 3.86. The van der Waals surface area contributed by atoms with Gasteiger partial charge in [-0.05, 0) is 0 Å². The van der Waals surface area contributed by atoms with E-state index in [1.165, 1.54) is 0 Å². The van der Waals surface area contributed by atoms with Gasteiger partial charge in [-0.15, -0.1) is 11.6 Å². The van der Waals surface area contributed by atoms with Crippen molar-refractivity contribution in [3.8, 4) is 0 Å². The molecular weight excluding hydrogens is 167 g/mol. The van der Waals surface area contributed by atoms with Gasteiger partial charge in [0.1, 0.15) is 0 Å². The van der Waals surface area contributed by atoms with Crippen molar-refractivity contribution >= 4 is 32.2 Å². The van der Waals surface area contributed by atoms with Gasteiger partial charge in [0, 0.05) is 4.37 Å². The molecule has 44 valence electrons. The highest BCUT2D eigenvalue weighted by Crippen LogP contribution is 2.16. The van der Waals surface area contributed by atoms with Gasteiger partial charge >= 0.3 is 0 Å². The summed E-state index contributed by atoms with van der Waals surface area (Å²) in [5.74, 6) is 0.984. The topological polar surface area (TPSA) is 25.8 Å². The summed E-state index contributed by atoms with van der Waals surface area (Å²) in [6.45, 7) is 0. The van der Waals surface area contributed by atoms with E-state index in [1.54, 1.807) is 5.51 Å². The minimum atomic E-state index is -0.519. The van der Waals surface area contributed by atoms with Gasteiger partial charge in [0.2, 0.25) is 26.4 Å². The lowest BCUT2D eigenvalue weighted by Crippen LogP contribution is -1.75. The second-order valence-corrected chi connectivity index (χ2v) is 3.28. The Morgan fingerprint density at radius 2 is 2.50 bits per heavy atom. The number of rotatable bonds is 1. The fourth-order valence-corrected chi connectivity index (χ4v) is 1.44. The zero-order chi connectivity index (χ0) is 5.98. The summed E-state index contributed by atoms with van der Waals surface area (Å²) in [4.78, 5) is 3.81. The van der Waals surface area contributed by atoms with Gasteiger partial charge in [0.25, 0.3) is 5.51 Å². The Bertz CT molecular complexity index is 176. The quantitative estimate of drug-likeness (QED) is 0.475. The lowest BCUT2D eigenvalue weighted by molar-refractivity contribution is 1.13. The zero-order valence-electron chi connectivity index (χ0n) is 3.84. The Kier molecular flexibility index (Phi) is 2.05. The highest BCUT2D eigenvalue weighted by molar-refractivity contribution is 7.57. The van der Waals surface area contributed by atoms with E-state index in [2.05, 4.69) is 9.36 Å². The van der Waals surface area contributed by atoms with Crippen LogP contribution in [0.25, 0.3) is 0 Å². The van der Waals surface area contributed by atoms with Crippen LogP contribution >= 0.6 is 32.2 Å². The molecule has 2 nitrogen and oxygen atoms in total. The monoisotopic (exact) mass is 169 g/mol. The first kappa shape index (κ1) is 6.26. The van der Waals surface area contributed by atoms with E-state index in [4.69, 9.17) is 22.3 Å². The Labute approximate surface area is 59.1 Å². The van der Waals surface area contributed by atoms with Gasteiger partial charge in [0.15, 0.2) is 0 Å². The molecule has 0 fully saturated rings. The van der Waals surface area contributed by atoms with E-state index >= 15 is 0 Å². The molecular formula is C3H3Cl2N2S+. The smallest absolute Gasteiger partial charge is 0.180 e. The number of aromatic nitrogens is 2. The summed E-state index contributed by atoms with van der Waals surface area (Å²) in [5, 5.41) is 0. The molecule has 5 heteroatoms. The van der Waals surface area contributed by atoms with Crippen molar-refractivity contribution in [2.45, 2.75) is 5.88 Å². The Hall–Kier alpha value is 0.140. The van der Waals surface area contributed by atoms with Gasteiger partial charge in [0.05, 0.1) is 5.88 Å². The number of hydrogen-bond acceptors (Lipinski definition) is 2. The van der Waals surface area contributed by atoms with Crippen LogP contribution in [0.3, 0.4) is 0 Å². The molecule has 1 atom stereocenters. The highest BCUT2D eigenvalue weighted by atomic mass is 35.7. The third kappa shape index (κ3) is 1.31. The maximum Gasteiger partial charge on any atom is 0.277 e. The van der Waals surface area contributed by atoms with Crippen LogP contribution < -0.4 is 0 Å². The Morgan fingerprint density at radius 3 is 2.75 bits per heavy atom. The maximum atomic E-state index is 5.52. The maximum absolute atomic E-state index is 5.52. The van der Waals surface area contributed by atoms with Crippen LogP contribution in [0.4, 0.5) is 0 Å². The zero-order valence-corrected chi connectivity index (χ0v) is 6.17. The number of alkyl halides is 1. The number of hydrogen-bond donors (Lipinski definition) is 0. The van der Waals surface area contributed by atoms with Crippen molar-refractivity contribution in [3.63, 3.8) is 0 Å². The van der Waals surface area contributed by atoms with E-state index in [0.29, 0.717) is 11.7 Å². The van der Waals surface area contributed by atoms with E-state index in [-0.39, 0.29) is 0 Å². The van der Waals surface area contributed by atoms with Crippen molar-refractivity contribution in [1.82, 2.24) is 9.36 Å². The molecule has 0 aromatic carbocycles. The van der Waals surface area contributed by atoms with Crippen LogP contribution in [0.1, 0.15) is 5.82 Å². The predicted molar refractivity (Wildman–Crippen MR) is 35.3 cm³/mol. The van der Waals surface area contributed by atoms with Crippen LogP contribution in [0, 0.1) is 0 Å². The summed E-state index contributed by atoms with van der Waals surface area (Å²) in [6.07, 6.45) is 0. The summed E-state index contributed by atoms with van der Waals surface area (Å²) in [7, 11) is 5.00. The van der Waals surface area contributed by atoms with Crippen molar-refractivity contribution in [2.75, 3.05) is 0 Å². The van der Waals surface area contributed by atoms with Crippen LogP contribution in [0.2, 0.25) is 0 Å². The third-order valence-electron chi connectivity index (χ3n) is 0.601. The molecule has 0 bridgehead atoms. The van der Waals surface area contributed by atoms with Crippen LogP contribution in [-0.4, -0.2) is 9.36 Å². The molecule has 1 rings (SSSR count). The molecule has 0 saturated carbocycles. The van der Waals surface area contributed by atoms with Gasteiger partial charge in [-0.3, -0.25) is 0 Å². The van der Waals surface area contributed by atoms with Crippen LogP contribution in [-0.2, 0) is 5.88 Å². The minimum absolute atomic E-state index is 0.354. The molecule has 1 heterocycles. The van der Waals surface area contributed by atoms with Crippen molar-refractivity contribution in [1.29, 1.82) is 0 Å². The van der Waals surface area contributed by atoms with E-state index < -0.39 is 9.88 Å². The Morgan fingerprint density at radius 1 is 1.75 bits per heavy atom.